The third-order valence-electron chi connectivity index (χ3n) is 6.25. The van der Waals surface area contributed by atoms with Crippen molar-refractivity contribution in [3.63, 3.8) is 0 Å². The first-order valence-electron chi connectivity index (χ1n) is 11.0. The molecule has 0 radical (unpaired) electrons. The molecule has 1 aliphatic heterocycles. The Morgan fingerprint density at radius 2 is 1.59 bits per heavy atom. The summed E-state index contributed by atoms with van der Waals surface area (Å²) in [5.74, 6) is 1.55. The summed E-state index contributed by atoms with van der Waals surface area (Å²) >= 11 is 0. The normalized spacial score (nSPS) is 14.8. The number of methoxy groups -OCH3 is 2. The summed E-state index contributed by atoms with van der Waals surface area (Å²) in [6.45, 7) is 0.518. The topological polar surface area (TPSA) is 87.7 Å². The van der Waals surface area contributed by atoms with Crippen LogP contribution in [0.5, 0.6) is 17.2 Å². The minimum Gasteiger partial charge on any atom is -0.507 e. The predicted molar refractivity (Wildman–Crippen MR) is 128 cm³/mol. The number of fused-ring (bicyclic) bond motifs is 1. The smallest absolute Gasteiger partial charge is 0.273 e. The Kier molecular flexibility index (Phi) is 5.67. The van der Waals surface area contributed by atoms with Gasteiger partial charge in [0.1, 0.15) is 28.6 Å². The van der Waals surface area contributed by atoms with Crippen LogP contribution in [0.4, 0.5) is 0 Å². The molecular weight excluding hydrogens is 430 g/mol. The highest BCUT2D eigenvalue weighted by Crippen LogP contribution is 2.44. The number of hydrogen-bond donors (Lipinski definition) is 2. The molecule has 0 saturated carbocycles. The summed E-state index contributed by atoms with van der Waals surface area (Å²) in [5.41, 5.74) is 4.44. The van der Waals surface area contributed by atoms with Crippen molar-refractivity contribution in [2.45, 2.75) is 12.5 Å². The quantitative estimate of drug-likeness (QED) is 0.426. The molecule has 0 aliphatic carbocycles. The van der Waals surface area contributed by atoms with Crippen molar-refractivity contribution in [1.82, 2.24) is 15.1 Å². The molecule has 0 spiro atoms. The first-order chi connectivity index (χ1) is 16.6. The molecule has 7 heteroatoms. The number of carbonyl (C=O) groups excluding carboxylic acids is 1. The summed E-state index contributed by atoms with van der Waals surface area (Å²) in [7, 11) is 3.26. The number of benzene rings is 3. The zero-order valence-corrected chi connectivity index (χ0v) is 19.0. The van der Waals surface area contributed by atoms with Crippen LogP contribution >= 0.6 is 0 Å². The van der Waals surface area contributed by atoms with Crippen molar-refractivity contribution < 1.29 is 19.4 Å². The van der Waals surface area contributed by atoms with Crippen molar-refractivity contribution in [1.29, 1.82) is 0 Å². The van der Waals surface area contributed by atoms with Crippen LogP contribution in [-0.4, -0.2) is 46.9 Å². The maximum atomic E-state index is 13.5. The highest BCUT2D eigenvalue weighted by atomic mass is 16.5. The van der Waals surface area contributed by atoms with Crippen molar-refractivity contribution in [2.24, 2.45) is 0 Å². The molecule has 2 heterocycles. The molecule has 0 bridgehead atoms. The third-order valence-corrected chi connectivity index (χ3v) is 6.25. The van der Waals surface area contributed by atoms with E-state index in [-0.39, 0.29) is 17.7 Å². The number of amides is 1. The van der Waals surface area contributed by atoms with Crippen LogP contribution in [0.15, 0.2) is 72.8 Å². The van der Waals surface area contributed by atoms with Crippen LogP contribution in [0.1, 0.15) is 33.2 Å². The van der Waals surface area contributed by atoms with E-state index in [1.807, 2.05) is 59.5 Å². The van der Waals surface area contributed by atoms with Gasteiger partial charge in [-0.05, 0) is 53.9 Å². The van der Waals surface area contributed by atoms with E-state index in [9.17, 15) is 9.90 Å². The fourth-order valence-corrected chi connectivity index (χ4v) is 4.48. The number of carbonyl (C=O) groups is 1. The van der Waals surface area contributed by atoms with Gasteiger partial charge in [-0.1, -0.05) is 36.4 Å². The zero-order valence-electron chi connectivity index (χ0n) is 19.0. The Hall–Kier alpha value is -4.26. The highest BCUT2D eigenvalue weighted by Gasteiger charge is 2.42. The van der Waals surface area contributed by atoms with E-state index in [2.05, 4.69) is 10.2 Å². The minimum absolute atomic E-state index is 0.112. The molecule has 5 rings (SSSR count). The Balaban J connectivity index is 1.54. The number of phenols is 1. The second kappa shape index (κ2) is 8.94. The highest BCUT2D eigenvalue weighted by molar-refractivity contribution is 6.00. The second-order valence-corrected chi connectivity index (χ2v) is 8.15. The summed E-state index contributed by atoms with van der Waals surface area (Å²) in [4.78, 5) is 15.4. The van der Waals surface area contributed by atoms with E-state index < -0.39 is 0 Å². The average Bonchev–Trinajstić information content (AvgIpc) is 3.42. The van der Waals surface area contributed by atoms with Crippen LogP contribution in [0.25, 0.3) is 11.3 Å². The molecule has 2 N–H and O–H groups in total. The first kappa shape index (κ1) is 21.6. The van der Waals surface area contributed by atoms with Gasteiger partial charge in [-0.15, -0.1) is 0 Å². The van der Waals surface area contributed by atoms with Crippen LogP contribution < -0.4 is 9.47 Å². The Bertz CT molecular complexity index is 1310. The maximum Gasteiger partial charge on any atom is 0.273 e. The van der Waals surface area contributed by atoms with E-state index in [0.717, 1.165) is 28.2 Å². The third kappa shape index (κ3) is 3.75. The lowest BCUT2D eigenvalue weighted by molar-refractivity contribution is 0.0746. The molecule has 0 saturated heterocycles. The van der Waals surface area contributed by atoms with E-state index in [0.29, 0.717) is 29.9 Å². The number of phenolic OH excluding ortho intramolecular Hbond substituents is 1. The number of nitrogens with zero attached hydrogens (tertiary/aromatic N) is 2. The molecule has 4 aromatic rings. The lowest BCUT2D eigenvalue weighted by Crippen LogP contribution is -2.31. The Morgan fingerprint density at radius 1 is 0.941 bits per heavy atom. The summed E-state index contributed by atoms with van der Waals surface area (Å²) in [6, 6.07) is 22.3. The lowest BCUT2D eigenvalue weighted by atomic mass is 9.95. The summed E-state index contributed by atoms with van der Waals surface area (Å²) < 4.78 is 10.6. The summed E-state index contributed by atoms with van der Waals surface area (Å²) in [5, 5.41) is 17.8. The van der Waals surface area contributed by atoms with E-state index >= 15 is 0 Å². The molecule has 0 unspecified atom stereocenters. The molecule has 3 aromatic carbocycles. The Labute approximate surface area is 197 Å². The number of para-hydroxylation sites is 1. The number of aromatic hydroxyl groups is 1. The SMILES string of the molecule is COc1ccc(CCN2C(=O)c3[nH]nc(-c4ccccc4O)c3[C@H]2c2ccc(OC)cc2)cc1. The second-order valence-electron chi connectivity index (χ2n) is 8.15. The lowest BCUT2D eigenvalue weighted by Gasteiger charge is -2.26. The molecule has 1 aromatic heterocycles. The number of aromatic amines is 1. The fraction of sp³-hybridized carbons (Fsp3) is 0.185. The van der Waals surface area contributed by atoms with Gasteiger partial charge in [0, 0.05) is 17.7 Å². The van der Waals surface area contributed by atoms with Crippen molar-refractivity contribution >= 4 is 5.91 Å². The molecule has 1 amide bonds. The minimum atomic E-state index is -0.347. The standard InChI is InChI=1S/C27H25N3O4/c1-33-19-11-7-17(8-12-19)15-16-30-26(18-9-13-20(34-2)14-10-18)23-24(28-29-25(23)27(30)32)21-5-3-4-6-22(21)31/h3-14,26,31H,15-16H2,1-2H3,(H,28,29)/t26-/m1/s1. The van der Waals surface area contributed by atoms with E-state index in [4.69, 9.17) is 9.47 Å². The molecule has 1 atom stereocenters. The van der Waals surface area contributed by atoms with Crippen LogP contribution in [0.3, 0.4) is 0 Å². The monoisotopic (exact) mass is 455 g/mol. The van der Waals surface area contributed by atoms with Crippen molar-refractivity contribution in [3.8, 4) is 28.5 Å². The van der Waals surface area contributed by atoms with Gasteiger partial charge in [-0.3, -0.25) is 9.89 Å². The molecule has 34 heavy (non-hydrogen) atoms. The van der Waals surface area contributed by atoms with Gasteiger partial charge < -0.3 is 19.5 Å². The van der Waals surface area contributed by atoms with Gasteiger partial charge >= 0.3 is 0 Å². The molecular formula is C27H25N3O4. The van der Waals surface area contributed by atoms with E-state index in [1.165, 1.54) is 0 Å². The summed E-state index contributed by atoms with van der Waals surface area (Å²) in [6.07, 6.45) is 0.687. The molecule has 0 fully saturated rings. The number of rotatable bonds is 7. The Morgan fingerprint density at radius 3 is 2.24 bits per heavy atom. The maximum absolute atomic E-state index is 13.5. The predicted octanol–water partition coefficient (Wildman–Crippen LogP) is 4.59. The van der Waals surface area contributed by atoms with Crippen LogP contribution in [0.2, 0.25) is 0 Å². The average molecular weight is 456 g/mol. The van der Waals surface area contributed by atoms with Crippen LogP contribution in [0, 0.1) is 0 Å². The number of H-pyrrole nitrogens is 1. The number of nitrogens with one attached hydrogen (secondary N) is 1. The fourth-order valence-electron chi connectivity index (χ4n) is 4.48. The zero-order chi connectivity index (χ0) is 23.7. The van der Waals surface area contributed by atoms with Gasteiger partial charge in [0.25, 0.3) is 5.91 Å². The first-order valence-corrected chi connectivity index (χ1v) is 11.0. The van der Waals surface area contributed by atoms with Gasteiger partial charge in [-0.2, -0.15) is 5.10 Å². The van der Waals surface area contributed by atoms with Crippen molar-refractivity contribution in [3.05, 3.63) is 95.2 Å². The molecule has 1 aliphatic rings. The largest absolute Gasteiger partial charge is 0.507 e. The van der Waals surface area contributed by atoms with Crippen molar-refractivity contribution in [2.75, 3.05) is 20.8 Å². The van der Waals surface area contributed by atoms with Gasteiger partial charge in [0.2, 0.25) is 0 Å². The molecule has 172 valence electrons. The number of hydrogen-bond acceptors (Lipinski definition) is 5. The van der Waals surface area contributed by atoms with Gasteiger partial charge in [0.05, 0.1) is 20.3 Å². The van der Waals surface area contributed by atoms with Gasteiger partial charge in [0.15, 0.2) is 0 Å². The number of ether oxygens (including phenoxy) is 2. The van der Waals surface area contributed by atoms with Gasteiger partial charge in [-0.25, -0.2) is 0 Å². The molecule has 7 nitrogen and oxygen atoms in total. The van der Waals surface area contributed by atoms with Crippen LogP contribution in [-0.2, 0) is 6.42 Å². The number of aromatic nitrogens is 2. The van der Waals surface area contributed by atoms with E-state index in [1.54, 1.807) is 32.4 Å².